The van der Waals surface area contributed by atoms with Crippen LogP contribution in [0.15, 0.2) is 72.8 Å². The smallest absolute Gasteiger partial charge is 0.157 e. The molecule has 3 aromatic carbocycles. The summed E-state index contributed by atoms with van der Waals surface area (Å²) in [6.45, 7) is 0. The first-order valence-electron chi connectivity index (χ1n) is 6.89. The summed E-state index contributed by atoms with van der Waals surface area (Å²) >= 11 is 0. The molecule has 0 atom stereocenters. The predicted octanol–water partition coefficient (Wildman–Crippen LogP) is 4.36. The quantitative estimate of drug-likeness (QED) is 0.469. The minimum atomic E-state index is -0.0764. The monoisotopic (exact) mass is 276 g/mol. The van der Waals surface area contributed by atoms with Gasteiger partial charge in [-0.3, -0.25) is 0 Å². The lowest BCUT2D eigenvalue weighted by Gasteiger charge is -1.98. The summed E-state index contributed by atoms with van der Waals surface area (Å²) in [5.41, 5.74) is 5.75. The second-order valence-corrected chi connectivity index (χ2v) is 4.98. The predicted molar refractivity (Wildman–Crippen MR) is 84.5 cm³/mol. The van der Waals surface area contributed by atoms with E-state index in [1.165, 1.54) is 34.4 Å². The third-order valence-electron chi connectivity index (χ3n) is 3.59. The van der Waals surface area contributed by atoms with Crippen LogP contribution in [0.3, 0.4) is 0 Å². The molecule has 21 heavy (non-hydrogen) atoms. The lowest BCUT2D eigenvalue weighted by molar-refractivity contribution is 0.404. The second kappa shape index (κ2) is 5.71. The summed E-state index contributed by atoms with van der Waals surface area (Å²) in [4.78, 5) is 0. The van der Waals surface area contributed by atoms with Crippen molar-refractivity contribution in [3.63, 3.8) is 0 Å². The fourth-order valence-electron chi connectivity index (χ4n) is 2.54. The van der Waals surface area contributed by atoms with E-state index < -0.39 is 0 Å². The zero-order chi connectivity index (χ0) is 14.7. The van der Waals surface area contributed by atoms with E-state index in [-0.39, 0.29) is 11.5 Å². The van der Waals surface area contributed by atoms with Crippen LogP contribution in [0.25, 0.3) is 11.1 Å². The maximum atomic E-state index is 8.67. The fraction of sp³-hybridized carbons (Fsp3) is 0.0526. The highest BCUT2D eigenvalue weighted by atomic mass is 16.3. The van der Waals surface area contributed by atoms with E-state index in [2.05, 4.69) is 48.5 Å². The summed E-state index contributed by atoms with van der Waals surface area (Å²) in [5, 5.41) is 17.3. The lowest BCUT2D eigenvalue weighted by Crippen LogP contribution is -1.77. The zero-order valence-corrected chi connectivity index (χ0v) is 11.5. The molecule has 0 saturated carbocycles. The Morgan fingerprint density at radius 3 is 1.33 bits per heavy atom. The average molecular weight is 276 g/mol. The van der Waals surface area contributed by atoms with Gasteiger partial charge >= 0.3 is 0 Å². The standard InChI is InChI=1S/C13H10.C6H6O2/c1-3-7-12-10(5-1)9-11-6-2-4-8-13(11)12;7-5-3-1-2-4-6(5)8/h1-8H,9H2;1-4,7-8H. The molecule has 0 bridgehead atoms. The van der Waals surface area contributed by atoms with Gasteiger partial charge in [-0.05, 0) is 40.8 Å². The van der Waals surface area contributed by atoms with Gasteiger partial charge in [0.05, 0.1) is 0 Å². The number of rotatable bonds is 0. The fourth-order valence-corrected chi connectivity index (χ4v) is 2.54. The summed E-state index contributed by atoms with van der Waals surface area (Å²) in [6, 6.07) is 23.5. The second-order valence-electron chi connectivity index (χ2n) is 4.98. The Morgan fingerprint density at radius 1 is 0.524 bits per heavy atom. The van der Waals surface area contributed by atoms with Gasteiger partial charge in [0.1, 0.15) is 0 Å². The van der Waals surface area contributed by atoms with E-state index in [0.717, 1.165) is 6.42 Å². The van der Waals surface area contributed by atoms with Crippen LogP contribution in [0.5, 0.6) is 11.5 Å². The van der Waals surface area contributed by atoms with Gasteiger partial charge in [-0.15, -0.1) is 0 Å². The molecule has 104 valence electrons. The van der Waals surface area contributed by atoms with Crippen LogP contribution < -0.4 is 0 Å². The molecule has 0 heterocycles. The van der Waals surface area contributed by atoms with Gasteiger partial charge in [-0.2, -0.15) is 0 Å². The molecular formula is C19H16O2. The molecule has 0 radical (unpaired) electrons. The number of benzene rings is 3. The number of phenolic OH excluding ortho intramolecular Hbond substituents is 2. The number of para-hydroxylation sites is 2. The largest absolute Gasteiger partial charge is 0.504 e. The lowest BCUT2D eigenvalue weighted by atomic mass is 10.1. The topological polar surface area (TPSA) is 40.5 Å². The third kappa shape index (κ3) is 2.75. The zero-order valence-electron chi connectivity index (χ0n) is 11.5. The van der Waals surface area contributed by atoms with Gasteiger partial charge in [0.2, 0.25) is 0 Å². The molecule has 0 aromatic heterocycles. The molecule has 4 rings (SSSR count). The van der Waals surface area contributed by atoms with Gasteiger partial charge in [0.25, 0.3) is 0 Å². The van der Waals surface area contributed by atoms with Gasteiger partial charge in [0, 0.05) is 0 Å². The van der Waals surface area contributed by atoms with E-state index in [1.54, 1.807) is 12.1 Å². The van der Waals surface area contributed by atoms with Crippen molar-refractivity contribution in [2.24, 2.45) is 0 Å². The number of phenols is 2. The Bertz CT molecular complexity index is 698. The van der Waals surface area contributed by atoms with Crippen molar-refractivity contribution in [2.45, 2.75) is 6.42 Å². The SMILES string of the molecule is Oc1ccccc1O.c1ccc2c(c1)Cc1ccccc1-2. The highest BCUT2D eigenvalue weighted by Gasteiger charge is 2.15. The van der Waals surface area contributed by atoms with Crippen molar-refractivity contribution in [1.29, 1.82) is 0 Å². The van der Waals surface area contributed by atoms with E-state index in [1.807, 2.05) is 0 Å². The summed E-state index contributed by atoms with van der Waals surface area (Å²) < 4.78 is 0. The van der Waals surface area contributed by atoms with Crippen molar-refractivity contribution >= 4 is 0 Å². The minimum Gasteiger partial charge on any atom is -0.504 e. The van der Waals surface area contributed by atoms with Gasteiger partial charge in [0.15, 0.2) is 11.5 Å². The Balaban J connectivity index is 0.000000143. The summed E-state index contributed by atoms with van der Waals surface area (Å²) in [5.74, 6) is -0.153. The molecule has 1 aliphatic rings. The normalized spacial score (nSPS) is 11.0. The molecule has 0 aliphatic heterocycles. The van der Waals surface area contributed by atoms with Crippen LogP contribution in [0.2, 0.25) is 0 Å². The first-order chi connectivity index (χ1) is 10.3. The maximum Gasteiger partial charge on any atom is 0.157 e. The molecule has 0 amide bonds. The number of aromatic hydroxyl groups is 2. The molecule has 0 unspecified atom stereocenters. The maximum absolute atomic E-state index is 8.67. The van der Waals surface area contributed by atoms with Crippen LogP contribution in [0, 0.1) is 0 Å². The van der Waals surface area contributed by atoms with Crippen LogP contribution in [-0.4, -0.2) is 10.2 Å². The van der Waals surface area contributed by atoms with E-state index in [9.17, 15) is 0 Å². The third-order valence-corrected chi connectivity index (χ3v) is 3.59. The van der Waals surface area contributed by atoms with Crippen molar-refractivity contribution in [2.75, 3.05) is 0 Å². The highest BCUT2D eigenvalue weighted by molar-refractivity contribution is 5.76. The van der Waals surface area contributed by atoms with Gasteiger partial charge in [-0.1, -0.05) is 60.7 Å². The van der Waals surface area contributed by atoms with E-state index >= 15 is 0 Å². The highest BCUT2D eigenvalue weighted by Crippen LogP contribution is 2.35. The number of hydrogen-bond donors (Lipinski definition) is 2. The molecule has 3 aromatic rings. The first-order valence-corrected chi connectivity index (χ1v) is 6.89. The van der Waals surface area contributed by atoms with E-state index in [4.69, 9.17) is 10.2 Å². The van der Waals surface area contributed by atoms with Crippen molar-refractivity contribution in [1.82, 2.24) is 0 Å². The average Bonchev–Trinajstić information content (AvgIpc) is 2.90. The van der Waals surface area contributed by atoms with Crippen LogP contribution in [0.1, 0.15) is 11.1 Å². The summed E-state index contributed by atoms with van der Waals surface area (Å²) in [7, 11) is 0. The Hall–Kier alpha value is -2.74. The van der Waals surface area contributed by atoms with Crippen molar-refractivity contribution in [3.05, 3.63) is 83.9 Å². The van der Waals surface area contributed by atoms with E-state index in [0.29, 0.717) is 0 Å². The van der Waals surface area contributed by atoms with Gasteiger partial charge < -0.3 is 10.2 Å². The Morgan fingerprint density at radius 2 is 0.905 bits per heavy atom. The molecule has 2 N–H and O–H groups in total. The van der Waals surface area contributed by atoms with Crippen LogP contribution >= 0.6 is 0 Å². The Labute approximate surface area is 123 Å². The summed E-state index contributed by atoms with van der Waals surface area (Å²) in [6.07, 6.45) is 1.10. The molecule has 0 fully saturated rings. The van der Waals surface area contributed by atoms with Crippen LogP contribution in [0.4, 0.5) is 0 Å². The first kappa shape index (κ1) is 13.3. The van der Waals surface area contributed by atoms with Crippen LogP contribution in [-0.2, 0) is 6.42 Å². The molecule has 2 heteroatoms. The molecule has 0 spiro atoms. The molecule has 1 aliphatic carbocycles. The Kier molecular flexibility index (Phi) is 3.61. The van der Waals surface area contributed by atoms with Crippen molar-refractivity contribution < 1.29 is 10.2 Å². The molecule has 0 saturated heterocycles. The minimum absolute atomic E-state index is 0.0764. The number of hydrogen-bond acceptors (Lipinski definition) is 2. The van der Waals surface area contributed by atoms with Gasteiger partial charge in [-0.25, -0.2) is 0 Å². The van der Waals surface area contributed by atoms with Crippen molar-refractivity contribution in [3.8, 4) is 22.6 Å². The molecule has 2 nitrogen and oxygen atoms in total. The number of fused-ring (bicyclic) bond motifs is 3. The molecular weight excluding hydrogens is 260 g/mol.